The van der Waals surface area contributed by atoms with Gasteiger partial charge in [0.1, 0.15) is 0 Å². The molecule has 2 nitrogen and oxygen atoms in total. The zero-order valence-electron chi connectivity index (χ0n) is 32.2. The van der Waals surface area contributed by atoms with Crippen molar-refractivity contribution in [2.75, 3.05) is 4.90 Å². The van der Waals surface area contributed by atoms with Crippen LogP contribution in [0.25, 0.3) is 60.9 Å². The van der Waals surface area contributed by atoms with Crippen molar-refractivity contribution in [2.24, 2.45) is 0 Å². The molecule has 0 unspecified atom stereocenters. The van der Waals surface area contributed by atoms with Crippen LogP contribution in [-0.4, -0.2) is 4.57 Å². The van der Waals surface area contributed by atoms with Crippen LogP contribution < -0.4 is 4.90 Å². The van der Waals surface area contributed by atoms with E-state index in [4.69, 9.17) is 0 Å². The fraction of sp³-hybridized carbons (Fsp3) is 0.111. The SMILES string of the molecule is CC1(C)c2ccccc2-c2ccc(N(c3ccccc3)c3ccc(-c4ccc5c(c4)c4c(n5-c5ccc6ccccc6c5)-c5ccccc5C4(C)C)cc3)cc21. The lowest BCUT2D eigenvalue weighted by atomic mass is 9.81. The van der Waals surface area contributed by atoms with E-state index in [-0.39, 0.29) is 10.8 Å². The first-order valence-corrected chi connectivity index (χ1v) is 19.8. The van der Waals surface area contributed by atoms with Crippen molar-refractivity contribution >= 4 is 38.7 Å². The van der Waals surface area contributed by atoms with Crippen molar-refractivity contribution in [1.82, 2.24) is 4.57 Å². The van der Waals surface area contributed by atoms with E-state index in [0.29, 0.717) is 0 Å². The Hall–Kier alpha value is -6.64. The summed E-state index contributed by atoms with van der Waals surface area (Å²) in [5.41, 5.74) is 18.9. The lowest BCUT2D eigenvalue weighted by Gasteiger charge is -2.28. The summed E-state index contributed by atoms with van der Waals surface area (Å²) in [6.07, 6.45) is 0. The second kappa shape index (κ2) is 11.9. The molecule has 11 rings (SSSR count). The van der Waals surface area contributed by atoms with Crippen molar-refractivity contribution < 1.29 is 0 Å². The molecule has 0 spiro atoms. The Morgan fingerprint density at radius 1 is 0.411 bits per heavy atom. The molecule has 0 bridgehead atoms. The van der Waals surface area contributed by atoms with Crippen LogP contribution in [0.2, 0.25) is 0 Å². The van der Waals surface area contributed by atoms with E-state index in [1.165, 1.54) is 83.1 Å². The summed E-state index contributed by atoms with van der Waals surface area (Å²) in [5, 5.41) is 3.82. The topological polar surface area (TPSA) is 8.17 Å². The van der Waals surface area contributed by atoms with Crippen LogP contribution in [0, 0.1) is 0 Å². The molecule has 56 heavy (non-hydrogen) atoms. The molecule has 9 aromatic rings. The monoisotopic (exact) mass is 718 g/mol. The Labute approximate surface area is 328 Å². The number of benzene rings is 8. The maximum atomic E-state index is 2.51. The minimum atomic E-state index is -0.142. The minimum Gasteiger partial charge on any atom is -0.310 e. The van der Waals surface area contributed by atoms with Gasteiger partial charge in [-0.3, -0.25) is 0 Å². The van der Waals surface area contributed by atoms with Crippen LogP contribution in [0.3, 0.4) is 0 Å². The molecular weight excluding hydrogens is 677 g/mol. The Kier molecular flexibility index (Phi) is 6.98. The quantitative estimate of drug-likeness (QED) is 0.172. The van der Waals surface area contributed by atoms with Crippen LogP contribution in [0.15, 0.2) is 182 Å². The first-order valence-electron chi connectivity index (χ1n) is 19.8. The molecule has 2 aliphatic rings. The molecule has 2 heteroatoms. The third-order valence-electron chi connectivity index (χ3n) is 12.7. The van der Waals surface area contributed by atoms with Gasteiger partial charge in [0, 0.05) is 44.5 Å². The van der Waals surface area contributed by atoms with Crippen molar-refractivity contribution in [3.63, 3.8) is 0 Å². The van der Waals surface area contributed by atoms with Crippen molar-refractivity contribution in [2.45, 2.75) is 38.5 Å². The standard InChI is InChI=1S/C54H42N2/c1-53(2)47-20-12-10-18-43(47)44-30-29-42(34-49(44)53)55(39-16-6-5-7-17-39)40-26-22-36(23-27-40)38-25-31-50-46(33-38)51-52(45-19-11-13-21-48(45)54(51,3)4)56(50)41-28-24-35-14-8-9-15-37(35)32-41/h5-34H,1-4H3. The van der Waals surface area contributed by atoms with E-state index in [0.717, 1.165) is 17.1 Å². The van der Waals surface area contributed by atoms with Gasteiger partial charge in [-0.15, -0.1) is 0 Å². The molecule has 0 saturated carbocycles. The van der Waals surface area contributed by atoms with E-state index in [1.807, 2.05) is 0 Å². The summed E-state index contributed by atoms with van der Waals surface area (Å²) in [6, 6.07) is 67.4. The van der Waals surface area contributed by atoms with Crippen molar-refractivity contribution in [3.8, 4) is 39.2 Å². The average molecular weight is 719 g/mol. The van der Waals surface area contributed by atoms with Crippen LogP contribution in [0.1, 0.15) is 49.9 Å². The van der Waals surface area contributed by atoms with Gasteiger partial charge in [-0.05, 0) is 116 Å². The van der Waals surface area contributed by atoms with Gasteiger partial charge in [0.15, 0.2) is 0 Å². The lowest BCUT2D eigenvalue weighted by molar-refractivity contribution is 0.660. The lowest BCUT2D eigenvalue weighted by Crippen LogP contribution is -2.16. The van der Waals surface area contributed by atoms with Crippen molar-refractivity contribution in [1.29, 1.82) is 0 Å². The summed E-state index contributed by atoms with van der Waals surface area (Å²) in [6.45, 7) is 9.48. The summed E-state index contributed by atoms with van der Waals surface area (Å²) >= 11 is 0. The Bertz CT molecular complexity index is 3020. The molecule has 1 aromatic heterocycles. The van der Waals surface area contributed by atoms with E-state index < -0.39 is 0 Å². The van der Waals surface area contributed by atoms with Gasteiger partial charge >= 0.3 is 0 Å². The zero-order valence-corrected chi connectivity index (χ0v) is 32.2. The molecule has 0 aliphatic heterocycles. The molecular formula is C54H42N2. The zero-order chi connectivity index (χ0) is 37.8. The highest BCUT2D eigenvalue weighted by Crippen LogP contribution is 2.54. The predicted octanol–water partition coefficient (Wildman–Crippen LogP) is 14.5. The fourth-order valence-electron chi connectivity index (χ4n) is 9.97. The number of fused-ring (bicyclic) bond motifs is 9. The van der Waals surface area contributed by atoms with Gasteiger partial charge in [0.05, 0.1) is 11.2 Å². The van der Waals surface area contributed by atoms with Crippen LogP contribution >= 0.6 is 0 Å². The van der Waals surface area contributed by atoms with Gasteiger partial charge in [-0.1, -0.05) is 149 Å². The van der Waals surface area contributed by atoms with E-state index >= 15 is 0 Å². The number of hydrogen-bond donors (Lipinski definition) is 0. The van der Waals surface area contributed by atoms with Gasteiger partial charge in [0.25, 0.3) is 0 Å². The summed E-state index contributed by atoms with van der Waals surface area (Å²) in [4.78, 5) is 2.39. The second-order valence-electron chi connectivity index (χ2n) is 16.6. The van der Waals surface area contributed by atoms with Crippen LogP contribution in [0.4, 0.5) is 17.1 Å². The molecule has 0 N–H and O–H groups in total. The van der Waals surface area contributed by atoms with Crippen LogP contribution in [-0.2, 0) is 10.8 Å². The summed E-state index contributed by atoms with van der Waals surface area (Å²) < 4.78 is 2.51. The van der Waals surface area contributed by atoms with E-state index in [9.17, 15) is 0 Å². The highest BCUT2D eigenvalue weighted by Gasteiger charge is 2.40. The second-order valence-corrected chi connectivity index (χ2v) is 16.6. The van der Waals surface area contributed by atoms with Gasteiger partial charge < -0.3 is 9.47 Å². The molecule has 0 amide bonds. The summed E-state index contributed by atoms with van der Waals surface area (Å²) in [5.74, 6) is 0. The molecule has 0 radical (unpaired) electrons. The van der Waals surface area contributed by atoms with Crippen LogP contribution in [0.5, 0.6) is 0 Å². The predicted molar refractivity (Wildman–Crippen MR) is 236 cm³/mol. The molecule has 8 aromatic carbocycles. The smallest absolute Gasteiger partial charge is 0.0585 e. The normalized spacial score (nSPS) is 14.4. The van der Waals surface area contributed by atoms with Crippen molar-refractivity contribution in [3.05, 3.63) is 204 Å². The van der Waals surface area contributed by atoms with E-state index in [2.05, 4.69) is 219 Å². The molecule has 268 valence electrons. The number of anilines is 3. The average Bonchev–Trinajstić information content (AvgIpc) is 3.79. The fourth-order valence-corrected chi connectivity index (χ4v) is 9.97. The van der Waals surface area contributed by atoms with Gasteiger partial charge in [-0.2, -0.15) is 0 Å². The molecule has 1 heterocycles. The first kappa shape index (κ1) is 32.8. The van der Waals surface area contributed by atoms with Gasteiger partial charge in [0.2, 0.25) is 0 Å². The number of aromatic nitrogens is 1. The highest BCUT2D eigenvalue weighted by molar-refractivity contribution is 6.01. The largest absolute Gasteiger partial charge is 0.310 e. The first-order chi connectivity index (χ1) is 27.3. The third-order valence-corrected chi connectivity index (χ3v) is 12.7. The summed E-state index contributed by atoms with van der Waals surface area (Å²) in [7, 11) is 0. The number of nitrogens with zero attached hydrogens (tertiary/aromatic N) is 2. The Morgan fingerprint density at radius 3 is 1.80 bits per heavy atom. The number of para-hydroxylation sites is 1. The highest BCUT2D eigenvalue weighted by atomic mass is 15.1. The Morgan fingerprint density at radius 2 is 1.02 bits per heavy atom. The van der Waals surface area contributed by atoms with E-state index in [1.54, 1.807) is 0 Å². The molecule has 0 fully saturated rings. The minimum absolute atomic E-state index is 0.0733. The molecule has 2 aliphatic carbocycles. The molecule has 0 saturated heterocycles. The maximum Gasteiger partial charge on any atom is 0.0585 e. The number of hydrogen-bond acceptors (Lipinski definition) is 1. The number of rotatable bonds is 5. The Balaban J connectivity index is 1.03. The third kappa shape index (κ3) is 4.69. The van der Waals surface area contributed by atoms with Gasteiger partial charge in [-0.25, -0.2) is 0 Å². The maximum absolute atomic E-state index is 2.51. The molecule has 0 atom stereocenters.